The first-order valence-corrected chi connectivity index (χ1v) is 8.88. The fraction of sp³-hybridized carbons (Fsp3) is 0.158. The number of fused-ring (bicyclic) bond motifs is 3. The Labute approximate surface area is 159 Å². The number of amides is 1. The summed E-state index contributed by atoms with van der Waals surface area (Å²) in [6, 6.07) is 14.3. The Morgan fingerprint density at radius 3 is 2.52 bits per heavy atom. The Morgan fingerprint density at radius 1 is 1.07 bits per heavy atom. The van der Waals surface area contributed by atoms with Crippen LogP contribution in [0.25, 0.3) is 16.7 Å². The zero-order chi connectivity index (χ0) is 19.0. The van der Waals surface area contributed by atoms with Crippen molar-refractivity contribution in [3.05, 3.63) is 69.7 Å². The van der Waals surface area contributed by atoms with Gasteiger partial charge in [-0.05, 0) is 24.3 Å². The highest BCUT2D eigenvalue weighted by Gasteiger charge is 2.17. The van der Waals surface area contributed by atoms with Crippen molar-refractivity contribution in [3.8, 4) is 0 Å². The molecular formula is C19H16ClN5O2. The van der Waals surface area contributed by atoms with Gasteiger partial charge in [0.1, 0.15) is 12.4 Å². The second-order valence-corrected chi connectivity index (χ2v) is 6.44. The number of nitrogens with zero attached hydrogens (tertiary/aromatic N) is 4. The molecule has 27 heavy (non-hydrogen) atoms. The minimum Gasteiger partial charge on any atom is -0.323 e. The van der Waals surface area contributed by atoms with E-state index in [1.807, 2.05) is 25.1 Å². The molecule has 0 aliphatic rings. The third-order valence-electron chi connectivity index (χ3n) is 4.35. The molecule has 0 saturated carbocycles. The van der Waals surface area contributed by atoms with Crippen LogP contribution in [0.5, 0.6) is 0 Å². The zero-order valence-electron chi connectivity index (χ0n) is 14.5. The van der Waals surface area contributed by atoms with Crippen LogP contribution in [0.4, 0.5) is 5.69 Å². The largest absolute Gasteiger partial charge is 0.323 e. The highest BCUT2D eigenvalue weighted by molar-refractivity contribution is 6.33. The number of aromatic nitrogens is 4. The van der Waals surface area contributed by atoms with E-state index in [0.717, 1.165) is 5.52 Å². The van der Waals surface area contributed by atoms with Crippen molar-refractivity contribution in [3.63, 3.8) is 0 Å². The second-order valence-electron chi connectivity index (χ2n) is 6.04. The highest BCUT2D eigenvalue weighted by atomic mass is 35.5. The molecule has 0 saturated heterocycles. The van der Waals surface area contributed by atoms with Gasteiger partial charge in [-0.15, -0.1) is 10.2 Å². The zero-order valence-corrected chi connectivity index (χ0v) is 15.3. The molecule has 0 spiro atoms. The Balaban J connectivity index is 1.81. The van der Waals surface area contributed by atoms with Gasteiger partial charge in [-0.2, -0.15) is 0 Å². The second kappa shape index (κ2) is 6.85. The first-order valence-electron chi connectivity index (χ1n) is 8.50. The summed E-state index contributed by atoms with van der Waals surface area (Å²) in [7, 11) is 0. The number of hydrogen-bond donors (Lipinski definition) is 1. The molecule has 136 valence electrons. The minimum absolute atomic E-state index is 0.157. The molecule has 2 aromatic heterocycles. The van der Waals surface area contributed by atoms with Gasteiger partial charge in [0.15, 0.2) is 0 Å². The smallest absolute Gasteiger partial charge is 0.297 e. The van der Waals surface area contributed by atoms with Gasteiger partial charge in [0.05, 0.1) is 21.7 Å². The predicted octanol–water partition coefficient (Wildman–Crippen LogP) is 2.90. The molecule has 0 aliphatic heterocycles. The van der Waals surface area contributed by atoms with E-state index >= 15 is 0 Å². The Hall–Kier alpha value is -3.19. The first-order chi connectivity index (χ1) is 13.1. The van der Waals surface area contributed by atoms with Crippen LogP contribution in [0.3, 0.4) is 0 Å². The van der Waals surface area contributed by atoms with E-state index in [-0.39, 0.29) is 23.7 Å². The molecule has 2 aromatic carbocycles. The average Bonchev–Trinajstić information content (AvgIpc) is 3.11. The molecule has 8 heteroatoms. The summed E-state index contributed by atoms with van der Waals surface area (Å²) in [5.41, 5.74) is 1.75. The molecule has 4 rings (SSSR count). The molecule has 0 aliphatic carbocycles. The van der Waals surface area contributed by atoms with Crippen LogP contribution >= 0.6 is 11.6 Å². The van der Waals surface area contributed by atoms with Crippen LogP contribution in [0.1, 0.15) is 12.7 Å². The number of para-hydroxylation sites is 3. The summed E-state index contributed by atoms with van der Waals surface area (Å²) in [5.74, 6) is 0.348. The van der Waals surface area contributed by atoms with E-state index in [1.54, 1.807) is 34.7 Å². The Morgan fingerprint density at radius 2 is 1.78 bits per heavy atom. The third-order valence-corrected chi connectivity index (χ3v) is 4.68. The number of halogens is 1. The van der Waals surface area contributed by atoms with Gasteiger partial charge in [-0.3, -0.25) is 18.6 Å². The topological polar surface area (TPSA) is 81.3 Å². The summed E-state index contributed by atoms with van der Waals surface area (Å²) < 4.78 is 3.16. The van der Waals surface area contributed by atoms with Crippen LogP contribution in [-0.2, 0) is 17.8 Å². The lowest BCUT2D eigenvalue weighted by Gasteiger charge is -2.13. The lowest BCUT2D eigenvalue weighted by molar-refractivity contribution is -0.116. The van der Waals surface area contributed by atoms with Crippen LogP contribution in [0, 0.1) is 0 Å². The number of benzene rings is 2. The maximum absolute atomic E-state index is 13.0. The van der Waals surface area contributed by atoms with Crippen LogP contribution in [-0.4, -0.2) is 25.1 Å². The van der Waals surface area contributed by atoms with Crippen molar-refractivity contribution in [1.82, 2.24) is 19.2 Å². The van der Waals surface area contributed by atoms with Crippen molar-refractivity contribution >= 4 is 39.9 Å². The van der Waals surface area contributed by atoms with Gasteiger partial charge in [0.25, 0.3) is 5.56 Å². The van der Waals surface area contributed by atoms with Crippen molar-refractivity contribution in [2.75, 3.05) is 5.32 Å². The third kappa shape index (κ3) is 2.96. The van der Waals surface area contributed by atoms with Crippen LogP contribution in [0.2, 0.25) is 5.02 Å². The average molecular weight is 382 g/mol. The predicted molar refractivity (Wildman–Crippen MR) is 104 cm³/mol. The van der Waals surface area contributed by atoms with Gasteiger partial charge < -0.3 is 5.32 Å². The van der Waals surface area contributed by atoms with E-state index < -0.39 is 0 Å². The maximum Gasteiger partial charge on any atom is 0.297 e. The molecule has 7 nitrogen and oxygen atoms in total. The van der Waals surface area contributed by atoms with E-state index in [2.05, 4.69) is 15.5 Å². The molecule has 1 amide bonds. The van der Waals surface area contributed by atoms with Gasteiger partial charge in [0, 0.05) is 6.42 Å². The minimum atomic E-state index is -0.366. The number of nitrogens with one attached hydrogen (secondary N) is 1. The molecule has 0 radical (unpaired) electrons. The fourth-order valence-electron chi connectivity index (χ4n) is 3.10. The Bertz CT molecular complexity index is 1230. The van der Waals surface area contributed by atoms with Gasteiger partial charge >= 0.3 is 0 Å². The highest BCUT2D eigenvalue weighted by Crippen LogP contribution is 2.21. The fourth-order valence-corrected chi connectivity index (χ4v) is 3.28. The Kier molecular flexibility index (Phi) is 4.37. The lowest BCUT2D eigenvalue weighted by atomic mass is 10.2. The SMILES string of the molecule is CCc1nnc2c(=O)n(CC(=O)Nc3ccccc3Cl)c3ccccc3n12. The number of carbonyl (C=O) groups excluding carboxylic acids is 1. The maximum atomic E-state index is 13.0. The van der Waals surface area contributed by atoms with Gasteiger partial charge in [-0.1, -0.05) is 42.8 Å². The van der Waals surface area contributed by atoms with Gasteiger partial charge in [0.2, 0.25) is 11.6 Å². The van der Waals surface area contributed by atoms with Crippen molar-refractivity contribution in [2.24, 2.45) is 0 Å². The van der Waals surface area contributed by atoms with Gasteiger partial charge in [-0.25, -0.2) is 0 Å². The number of rotatable bonds is 4. The summed E-state index contributed by atoms with van der Waals surface area (Å²) >= 11 is 6.09. The number of carbonyl (C=O) groups is 1. The van der Waals surface area contributed by atoms with E-state index in [0.29, 0.717) is 28.5 Å². The van der Waals surface area contributed by atoms with Crippen LogP contribution in [0.15, 0.2) is 53.3 Å². The quantitative estimate of drug-likeness (QED) is 0.589. The molecule has 2 heterocycles. The van der Waals surface area contributed by atoms with Crippen molar-refractivity contribution < 1.29 is 4.79 Å². The first kappa shape index (κ1) is 17.2. The van der Waals surface area contributed by atoms with Crippen molar-refractivity contribution in [2.45, 2.75) is 19.9 Å². The summed E-state index contributed by atoms with van der Waals surface area (Å²) in [6.45, 7) is 1.79. The summed E-state index contributed by atoms with van der Waals surface area (Å²) in [5, 5.41) is 11.3. The molecule has 0 bridgehead atoms. The van der Waals surface area contributed by atoms with Crippen LogP contribution < -0.4 is 10.9 Å². The van der Waals surface area contributed by atoms with Crippen molar-refractivity contribution in [1.29, 1.82) is 0 Å². The normalized spacial score (nSPS) is 11.2. The number of anilines is 1. The lowest BCUT2D eigenvalue weighted by Crippen LogP contribution is -2.29. The molecule has 0 fully saturated rings. The molecular weight excluding hydrogens is 366 g/mol. The van der Waals surface area contributed by atoms with E-state index in [1.165, 1.54) is 4.57 Å². The molecule has 4 aromatic rings. The molecule has 0 atom stereocenters. The monoisotopic (exact) mass is 381 g/mol. The summed E-state index contributed by atoms with van der Waals surface area (Å²) in [4.78, 5) is 25.5. The number of hydrogen-bond acceptors (Lipinski definition) is 4. The molecule has 0 unspecified atom stereocenters. The molecule has 1 N–H and O–H groups in total. The standard InChI is InChI=1S/C19H16ClN5O2/c1-2-16-22-23-18-19(27)24(14-9-5-6-10-15(14)25(16)18)11-17(26)21-13-8-4-3-7-12(13)20/h3-10H,2,11H2,1H3,(H,21,26). The summed E-state index contributed by atoms with van der Waals surface area (Å²) in [6.07, 6.45) is 0.640. The van der Waals surface area contributed by atoms with E-state index in [9.17, 15) is 9.59 Å². The van der Waals surface area contributed by atoms with E-state index in [4.69, 9.17) is 11.6 Å². The number of aryl methyl sites for hydroxylation is 1.